The van der Waals surface area contributed by atoms with Gasteiger partial charge in [-0.05, 0) is 49.1 Å². The van der Waals surface area contributed by atoms with Gasteiger partial charge in [0.1, 0.15) is 5.75 Å². The zero-order valence-electron chi connectivity index (χ0n) is 18.3. The van der Waals surface area contributed by atoms with E-state index in [1.54, 1.807) is 13.4 Å². The van der Waals surface area contributed by atoms with Crippen molar-refractivity contribution in [2.24, 2.45) is 0 Å². The zero-order chi connectivity index (χ0) is 22.1. The smallest absolute Gasteiger partial charge is 0.224 e. The number of aryl methyl sites for hydroxylation is 1. The van der Waals surface area contributed by atoms with Crippen LogP contribution in [0.2, 0.25) is 0 Å². The molecule has 2 saturated heterocycles. The van der Waals surface area contributed by atoms with Crippen LogP contribution < -0.4 is 10.1 Å². The minimum atomic E-state index is -0.402. The molecule has 2 amide bonds. The maximum atomic E-state index is 13.5. The van der Waals surface area contributed by atoms with Crippen molar-refractivity contribution in [3.63, 3.8) is 0 Å². The molecule has 1 spiro atoms. The first-order valence-corrected chi connectivity index (χ1v) is 11.2. The van der Waals surface area contributed by atoms with E-state index in [1.165, 1.54) is 0 Å². The van der Waals surface area contributed by atoms with Gasteiger partial charge in [-0.25, -0.2) is 4.98 Å². The SMILES string of the molecule is COc1ccc([C@H]2N(C(=O)CCn3cnc4ccccc43)CCC[C@]23CCC(=O)N3)cc1. The van der Waals surface area contributed by atoms with E-state index in [-0.39, 0.29) is 17.9 Å². The fourth-order valence-corrected chi connectivity index (χ4v) is 5.36. The second-order valence-corrected chi connectivity index (χ2v) is 8.75. The number of ether oxygens (including phenoxy) is 1. The van der Waals surface area contributed by atoms with Crippen molar-refractivity contribution >= 4 is 22.8 Å². The topological polar surface area (TPSA) is 76.5 Å². The number of piperidine rings is 1. The molecule has 2 fully saturated rings. The summed E-state index contributed by atoms with van der Waals surface area (Å²) in [6.45, 7) is 1.27. The molecule has 2 aliphatic heterocycles. The first kappa shape index (κ1) is 20.5. The number of amides is 2. The van der Waals surface area contributed by atoms with Crippen LogP contribution in [0.15, 0.2) is 54.9 Å². The van der Waals surface area contributed by atoms with Gasteiger partial charge in [0.05, 0.1) is 36.1 Å². The molecule has 2 aliphatic rings. The van der Waals surface area contributed by atoms with Crippen LogP contribution >= 0.6 is 0 Å². The van der Waals surface area contributed by atoms with Crippen LogP contribution in [-0.4, -0.2) is 45.5 Å². The lowest BCUT2D eigenvalue weighted by molar-refractivity contribution is -0.139. The Bertz CT molecular complexity index is 1140. The average molecular weight is 433 g/mol. The molecule has 7 heteroatoms. The minimum absolute atomic E-state index is 0.0719. The summed E-state index contributed by atoms with van der Waals surface area (Å²) >= 11 is 0. The van der Waals surface area contributed by atoms with E-state index in [2.05, 4.69) is 10.3 Å². The zero-order valence-corrected chi connectivity index (χ0v) is 18.3. The highest BCUT2D eigenvalue weighted by molar-refractivity contribution is 5.81. The second-order valence-electron chi connectivity index (χ2n) is 8.75. The van der Waals surface area contributed by atoms with Crippen LogP contribution in [-0.2, 0) is 16.1 Å². The van der Waals surface area contributed by atoms with Crippen molar-refractivity contribution in [1.82, 2.24) is 19.8 Å². The monoisotopic (exact) mass is 432 g/mol. The van der Waals surface area contributed by atoms with Crippen LogP contribution in [0.25, 0.3) is 11.0 Å². The number of carbonyl (C=O) groups is 2. The Kier molecular flexibility index (Phi) is 5.33. The van der Waals surface area contributed by atoms with Crippen molar-refractivity contribution in [1.29, 1.82) is 0 Å². The molecule has 0 unspecified atom stereocenters. The summed E-state index contributed by atoms with van der Waals surface area (Å²) in [5.41, 5.74) is 2.60. The van der Waals surface area contributed by atoms with Crippen LogP contribution in [0.3, 0.4) is 0 Å². The predicted octanol–water partition coefficient (Wildman–Crippen LogP) is 3.45. The molecule has 1 N–H and O–H groups in total. The lowest BCUT2D eigenvalue weighted by atomic mass is 9.76. The summed E-state index contributed by atoms with van der Waals surface area (Å²) < 4.78 is 7.36. The number of hydrogen-bond acceptors (Lipinski definition) is 4. The van der Waals surface area contributed by atoms with E-state index in [0.29, 0.717) is 25.9 Å². The van der Waals surface area contributed by atoms with E-state index in [4.69, 9.17) is 4.74 Å². The highest BCUT2D eigenvalue weighted by atomic mass is 16.5. The quantitative estimate of drug-likeness (QED) is 0.670. The Hall–Kier alpha value is -3.35. The molecule has 3 heterocycles. The maximum Gasteiger partial charge on any atom is 0.224 e. The molecule has 2 aromatic carbocycles. The fraction of sp³-hybridized carbons (Fsp3) is 0.400. The number of hydrogen-bond donors (Lipinski definition) is 1. The van der Waals surface area contributed by atoms with Crippen molar-refractivity contribution in [2.45, 2.75) is 50.2 Å². The molecule has 0 radical (unpaired) electrons. The predicted molar refractivity (Wildman–Crippen MR) is 121 cm³/mol. The molecular formula is C25H28N4O3. The van der Waals surface area contributed by atoms with Gasteiger partial charge in [0, 0.05) is 25.9 Å². The molecule has 7 nitrogen and oxygen atoms in total. The molecule has 1 aromatic heterocycles. The van der Waals surface area contributed by atoms with Crippen LogP contribution in [0, 0.1) is 0 Å². The molecule has 3 aromatic rings. The van der Waals surface area contributed by atoms with Crippen molar-refractivity contribution in [3.8, 4) is 5.75 Å². The van der Waals surface area contributed by atoms with Gasteiger partial charge >= 0.3 is 0 Å². The number of rotatable bonds is 5. The standard InChI is InChI=1S/C25H28N4O3/c1-32-19-9-7-18(8-10-19)24-25(14-11-22(30)27-25)13-4-15-29(24)23(31)12-16-28-17-26-20-5-2-3-6-21(20)28/h2-3,5-10,17,24H,4,11-16H2,1H3,(H,27,30)/t24-,25+/m1/s1. The van der Waals surface area contributed by atoms with E-state index in [9.17, 15) is 9.59 Å². The van der Waals surface area contributed by atoms with E-state index < -0.39 is 5.54 Å². The molecule has 0 saturated carbocycles. The van der Waals surface area contributed by atoms with Crippen LogP contribution in [0.4, 0.5) is 0 Å². The van der Waals surface area contributed by atoms with Crippen LogP contribution in [0.5, 0.6) is 5.75 Å². The average Bonchev–Trinajstić information content (AvgIpc) is 3.41. The van der Waals surface area contributed by atoms with Crippen molar-refractivity contribution in [3.05, 3.63) is 60.4 Å². The normalized spacial score (nSPS) is 23.0. The third-order valence-electron chi connectivity index (χ3n) is 6.89. The summed E-state index contributed by atoms with van der Waals surface area (Å²) in [7, 11) is 1.64. The molecule has 0 aliphatic carbocycles. The number of nitrogens with one attached hydrogen (secondary N) is 1. The Morgan fingerprint density at radius 2 is 2.00 bits per heavy atom. The number of para-hydroxylation sites is 2. The van der Waals surface area contributed by atoms with Gasteiger partial charge in [0.2, 0.25) is 11.8 Å². The summed E-state index contributed by atoms with van der Waals surface area (Å²) in [4.78, 5) is 32.2. The molecule has 5 rings (SSSR count). The Morgan fingerprint density at radius 3 is 2.75 bits per heavy atom. The number of methoxy groups -OCH3 is 1. The highest BCUT2D eigenvalue weighted by Gasteiger charge is 2.50. The van der Waals surface area contributed by atoms with Gasteiger partial charge in [0.15, 0.2) is 0 Å². The van der Waals surface area contributed by atoms with Crippen molar-refractivity contribution in [2.75, 3.05) is 13.7 Å². The summed E-state index contributed by atoms with van der Waals surface area (Å²) in [5, 5.41) is 3.25. The third kappa shape index (κ3) is 3.61. The molecule has 32 heavy (non-hydrogen) atoms. The number of benzene rings is 2. The van der Waals surface area contributed by atoms with Gasteiger partial charge in [-0.3, -0.25) is 9.59 Å². The van der Waals surface area contributed by atoms with E-state index >= 15 is 0 Å². The largest absolute Gasteiger partial charge is 0.497 e. The van der Waals surface area contributed by atoms with Crippen molar-refractivity contribution < 1.29 is 14.3 Å². The Morgan fingerprint density at radius 1 is 1.19 bits per heavy atom. The number of fused-ring (bicyclic) bond motifs is 1. The Labute approximate surface area is 187 Å². The molecular weight excluding hydrogens is 404 g/mol. The number of carbonyl (C=O) groups excluding carboxylic acids is 2. The van der Waals surface area contributed by atoms with E-state index in [1.807, 2.05) is 58.0 Å². The van der Waals surface area contributed by atoms with E-state index in [0.717, 1.165) is 41.6 Å². The minimum Gasteiger partial charge on any atom is -0.497 e. The maximum absolute atomic E-state index is 13.5. The highest BCUT2D eigenvalue weighted by Crippen LogP contribution is 2.45. The number of aromatic nitrogens is 2. The van der Waals surface area contributed by atoms with Crippen LogP contribution in [0.1, 0.15) is 43.7 Å². The van der Waals surface area contributed by atoms with Gasteiger partial charge in [-0.15, -0.1) is 0 Å². The lowest BCUT2D eigenvalue weighted by Crippen LogP contribution is -2.58. The molecule has 166 valence electrons. The van der Waals surface area contributed by atoms with Gasteiger partial charge < -0.3 is 19.5 Å². The lowest BCUT2D eigenvalue weighted by Gasteiger charge is -2.48. The first-order chi connectivity index (χ1) is 15.6. The second kappa shape index (κ2) is 8.30. The number of likely N-dealkylation sites (tertiary alicyclic amines) is 1. The third-order valence-corrected chi connectivity index (χ3v) is 6.89. The number of imidazole rings is 1. The first-order valence-electron chi connectivity index (χ1n) is 11.2. The fourth-order valence-electron chi connectivity index (χ4n) is 5.36. The molecule has 0 bridgehead atoms. The van der Waals surface area contributed by atoms with Gasteiger partial charge in [0.25, 0.3) is 0 Å². The van der Waals surface area contributed by atoms with Gasteiger partial charge in [-0.1, -0.05) is 24.3 Å². The summed E-state index contributed by atoms with van der Waals surface area (Å²) in [6, 6.07) is 15.7. The molecule has 2 atom stereocenters. The Balaban J connectivity index is 1.42. The number of nitrogens with zero attached hydrogens (tertiary/aromatic N) is 3. The van der Waals surface area contributed by atoms with Gasteiger partial charge in [-0.2, -0.15) is 0 Å². The summed E-state index contributed by atoms with van der Waals surface area (Å²) in [6.07, 6.45) is 5.21. The summed E-state index contributed by atoms with van der Waals surface area (Å²) in [5.74, 6) is 0.949.